The number of hydrogen-bond acceptors (Lipinski definition) is 7. The number of amides is 1. The summed E-state index contributed by atoms with van der Waals surface area (Å²) in [6.07, 6.45) is 1.66. The second kappa shape index (κ2) is 7.23. The molecule has 1 atom stereocenters. The highest BCUT2D eigenvalue weighted by Gasteiger charge is 2.44. The average molecular weight is 417 g/mol. The fraction of sp³-hybridized carbons (Fsp3) is 0.0909. The van der Waals surface area contributed by atoms with Crippen molar-refractivity contribution in [1.82, 2.24) is 10.2 Å². The smallest absolute Gasteiger partial charge is 0.297 e. The van der Waals surface area contributed by atoms with E-state index in [1.165, 1.54) is 16.2 Å². The first-order valence-corrected chi connectivity index (χ1v) is 10.1. The van der Waals surface area contributed by atoms with Crippen molar-refractivity contribution in [3.05, 3.63) is 93.8 Å². The summed E-state index contributed by atoms with van der Waals surface area (Å²) in [5.41, 5.74) is 2.73. The van der Waals surface area contributed by atoms with Crippen molar-refractivity contribution in [2.24, 2.45) is 0 Å². The Kier molecular flexibility index (Phi) is 4.40. The first kappa shape index (κ1) is 18.3. The topological polar surface area (TPSA) is 85.5 Å². The van der Waals surface area contributed by atoms with E-state index in [4.69, 9.17) is 9.15 Å². The second-order valence-electron chi connectivity index (χ2n) is 6.64. The van der Waals surface area contributed by atoms with Gasteiger partial charge in [0.05, 0.1) is 17.0 Å². The quantitative estimate of drug-likeness (QED) is 0.457. The third-order valence-corrected chi connectivity index (χ3v) is 5.58. The number of rotatable bonds is 5. The van der Waals surface area contributed by atoms with Crippen molar-refractivity contribution in [2.45, 2.75) is 6.04 Å². The van der Waals surface area contributed by atoms with E-state index in [9.17, 15) is 9.59 Å². The molecule has 3 heterocycles. The molecule has 4 aromatic rings. The van der Waals surface area contributed by atoms with Crippen molar-refractivity contribution in [3.63, 3.8) is 0 Å². The van der Waals surface area contributed by atoms with Gasteiger partial charge in [-0.25, -0.2) is 0 Å². The van der Waals surface area contributed by atoms with Crippen LogP contribution in [0, 0.1) is 0 Å². The lowest BCUT2D eigenvalue weighted by atomic mass is 9.98. The molecule has 1 aliphatic heterocycles. The standard InChI is InChI=1S/C22H15N3O4S/c1-2-11-28-14-9-7-13(8-10-14)18-17-19(26)15-5-3-4-6-16(15)29-20(17)21(27)25(18)22-24-23-12-30-22/h2-10,12,18H,1,11H2/t18-/m1/s1. The molecule has 0 aliphatic carbocycles. The highest BCUT2D eigenvalue weighted by Crippen LogP contribution is 2.41. The van der Waals surface area contributed by atoms with Gasteiger partial charge in [-0.15, -0.1) is 10.2 Å². The van der Waals surface area contributed by atoms with Crippen LogP contribution in [0.5, 0.6) is 5.75 Å². The fourth-order valence-electron chi connectivity index (χ4n) is 3.61. The van der Waals surface area contributed by atoms with E-state index >= 15 is 0 Å². The summed E-state index contributed by atoms with van der Waals surface area (Å²) >= 11 is 1.22. The predicted molar refractivity (Wildman–Crippen MR) is 113 cm³/mol. The second-order valence-corrected chi connectivity index (χ2v) is 7.45. The minimum Gasteiger partial charge on any atom is -0.490 e. The number of fused-ring (bicyclic) bond motifs is 2. The van der Waals surface area contributed by atoms with E-state index in [-0.39, 0.29) is 11.2 Å². The maximum Gasteiger partial charge on any atom is 0.297 e. The van der Waals surface area contributed by atoms with E-state index in [1.54, 1.807) is 48.0 Å². The van der Waals surface area contributed by atoms with E-state index in [1.807, 2.05) is 12.1 Å². The number of para-hydroxylation sites is 1. The molecule has 1 amide bonds. The Morgan fingerprint density at radius 3 is 2.70 bits per heavy atom. The molecule has 0 bridgehead atoms. The number of aromatic nitrogens is 2. The van der Waals surface area contributed by atoms with Gasteiger partial charge in [-0.3, -0.25) is 14.5 Å². The van der Waals surface area contributed by atoms with E-state index in [0.29, 0.717) is 34.0 Å². The van der Waals surface area contributed by atoms with Crippen molar-refractivity contribution in [1.29, 1.82) is 0 Å². The zero-order valence-corrected chi connectivity index (χ0v) is 16.5. The molecule has 5 rings (SSSR count). The van der Waals surface area contributed by atoms with Gasteiger partial charge in [0.25, 0.3) is 5.91 Å². The maximum absolute atomic E-state index is 13.4. The van der Waals surface area contributed by atoms with Crippen LogP contribution >= 0.6 is 11.3 Å². The van der Waals surface area contributed by atoms with Gasteiger partial charge in [-0.05, 0) is 29.8 Å². The number of carbonyl (C=O) groups excluding carboxylic acids is 1. The Morgan fingerprint density at radius 1 is 1.17 bits per heavy atom. The number of ether oxygens (including phenoxy) is 1. The van der Waals surface area contributed by atoms with E-state index < -0.39 is 11.9 Å². The third-order valence-electron chi connectivity index (χ3n) is 4.90. The van der Waals surface area contributed by atoms with E-state index in [2.05, 4.69) is 16.8 Å². The molecule has 7 nitrogen and oxygen atoms in total. The zero-order chi connectivity index (χ0) is 20.7. The number of benzene rings is 2. The Hall–Kier alpha value is -3.78. The summed E-state index contributed by atoms with van der Waals surface area (Å²) in [5.74, 6) is 0.281. The van der Waals surface area contributed by atoms with Crippen LogP contribution in [0.3, 0.4) is 0 Å². The lowest BCUT2D eigenvalue weighted by Gasteiger charge is -2.22. The fourth-order valence-corrected chi connectivity index (χ4v) is 4.19. The van der Waals surface area contributed by atoms with Crippen LogP contribution in [0.25, 0.3) is 11.0 Å². The summed E-state index contributed by atoms with van der Waals surface area (Å²) < 4.78 is 11.4. The lowest BCUT2D eigenvalue weighted by Crippen LogP contribution is -2.29. The van der Waals surface area contributed by atoms with Gasteiger partial charge >= 0.3 is 0 Å². The molecule has 0 saturated carbocycles. The molecular formula is C22H15N3O4S. The Balaban J connectivity index is 1.71. The SMILES string of the molecule is C=CCOc1ccc([C@@H]2c3c(oc4ccccc4c3=O)C(=O)N2c2nncs2)cc1. The molecule has 0 unspecified atom stereocenters. The molecule has 0 fully saturated rings. The first-order chi connectivity index (χ1) is 14.7. The van der Waals surface area contributed by atoms with Crippen LogP contribution in [0.2, 0.25) is 0 Å². The van der Waals surface area contributed by atoms with Gasteiger partial charge in [0.1, 0.15) is 23.4 Å². The normalized spacial score (nSPS) is 15.4. The predicted octanol–water partition coefficient (Wildman–Crippen LogP) is 3.96. The number of nitrogens with zero attached hydrogens (tertiary/aromatic N) is 3. The van der Waals surface area contributed by atoms with Crippen LogP contribution in [0.1, 0.15) is 27.7 Å². The zero-order valence-electron chi connectivity index (χ0n) is 15.6. The minimum atomic E-state index is -0.672. The van der Waals surface area contributed by atoms with Crippen LogP contribution in [-0.2, 0) is 0 Å². The molecule has 0 saturated heterocycles. The lowest BCUT2D eigenvalue weighted by molar-refractivity contribution is 0.0970. The maximum atomic E-state index is 13.4. The van der Waals surface area contributed by atoms with Crippen LogP contribution in [-0.4, -0.2) is 22.7 Å². The molecule has 0 spiro atoms. The number of carbonyl (C=O) groups is 1. The highest BCUT2D eigenvalue weighted by molar-refractivity contribution is 7.13. The average Bonchev–Trinajstić information content (AvgIpc) is 3.40. The first-order valence-electron chi connectivity index (χ1n) is 9.18. The summed E-state index contributed by atoms with van der Waals surface area (Å²) in [4.78, 5) is 28.1. The minimum absolute atomic E-state index is 0.0332. The molecule has 0 N–H and O–H groups in total. The van der Waals surface area contributed by atoms with Gasteiger partial charge in [-0.1, -0.05) is 48.3 Å². The monoisotopic (exact) mass is 417 g/mol. The Bertz CT molecular complexity index is 1310. The molecule has 8 heteroatoms. The van der Waals surface area contributed by atoms with Gasteiger partial charge in [0.15, 0.2) is 5.43 Å². The van der Waals surface area contributed by atoms with Gasteiger partial charge < -0.3 is 9.15 Å². The van der Waals surface area contributed by atoms with Gasteiger partial charge in [0, 0.05) is 0 Å². The van der Waals surface area contributed by atoms with Crippen LogP contribution in [0.4, 0.5) is 5.13 Å². The van der Waals surface area contributed by atoms with Gasteiger partial charge in [0.2, 0.25) is 10.9 Å². The molecule has 2 aromatic carbocycles. The summed E-state index contributed by atoms with van der Waals surface area (Å²) in [6, 6.07) is 13.5. The molecule has 30 heavy (non-hydrogen) atoms. The highest BCUT2D eigenvalue weighted by atomic mass is 32.1. The van der Waals surface area contributed by atoms with Crippen molar-refractivity contribution in [3.8, 4) is 5.75 Å². The third kappa shape index (κ3) is 2.81. The van der Waals surface area contributed by atoms with Crippen molar-refractivity contribution >= 4 is 33.3 Å². The Morgan fingerprint density at radius 2 is 1.97 bits per heavy atom. The summed E-state index contributed by atoms with van der Waals surface area (Å²) in [6.45, 7) is 4.02. The van der Waals surface area contributed by atoms with Crippen LogP contribution in [0.15, 0.2) is 75.9 Å². The summed E-state index contributed by atoms with van der Waals surface area (Å²) in [5, 5.41) is 8.74. The van der Waals surface area contributed by atoms with Crippen LogP contribution < -0.4 is 15.1 Å². The summed E-state index contributed by atoms with van der Waals surface area (Å²) in [7, 11) is 0. The molecular weight excluding hydrogens is 402 g/mol. The largest absolute Gasteiger partial charge is 0.490 e. The molecule has 1 aliphatic rings. The Labute approximate surface area is 174 Å². The number of hydrogen-bond donors (Lipinski definition) is 0. The molecule has 148 valence electrons. The van der Waals surface area contributed by atoms with Crippen molar-refractivity contribution in [2.75, 3.05) is 11.5 Å². The van der Waals surface area contributed by atoms with Crippen molar-refractivity contribution < 1.29 is 13.9 Å². The molecule has 0 radical (unpaired) electrons. The molecule has 2 aromatic heterocycles. The number of anilines is 1. The van der Waals surface area contributed by atoms with Gasteiger partial charge in [-0.2, -0.15) is 0 Å². The van der Waals surface area contributed by atoms with E-state index in [0.717, 1.165) is 5.56 Å².